The van der Waals surface area contributed by atoms with Crippen molar-refractivity contribution in [3.63, 3.8) is 0 Å². The van der Waals surface area contributed by atoms with Crippen LogP contribution in [0.15, 0.2) is 77.8 Å². The fraction of sp³-hybridized carbons (Fsp3) is 0.200. The molecule has 0 spiro atoms. The lowest BCUT2D eigenvalue weighted by Crippen LogP contribution is -2.24. The van der Waals surface area contributed by atoms with Gasteiger partial charge in [0.1, 0.15) is 17.4 Å². The van der Waals surface area contributed by atoms with Crippen LogP contribution >= 0.6 is 56.5 Å². The first-order valence-corrected chi connectivity index (χ1v) is 15.2. The molecule has 0 unspecified atom stereocenters. The van der Waals surface area contributed by atoms with Gasteiger partial charge in [0, 0.05) is 17.6 Å². The molecular formula is C30H26I2N2O2S. The zero-order valence-corrected chi connectivity index (χ0v) is 25.3. The Bertz CT molecular complexity index is 1400. The fourth-order valence-electron chi connectivity index (χ4n) is 4.40. The minimum atomic E-state index is -0.0378. The molecule has 188 valence electrons. The molecule has 5 rings (SSSR count). The van der Waals surface area contributed by atoms with E-state index in [2.05, 4.69) is 74.8 Å². The van der Waals surface area contributed by atoms with Gasteiger partial charge in [0.15, 0.2) is 0 Å². The van der Waals surface area contributed by atoms with Crippen molar-refractivity contribution in [3.8, 4) is 5.75 Å². The van der Waals surface area contributed by atoms with Crippen LogP contribution in [0.4, 0.5) is 5.00 Å². The van der Waals surface area contributed by atoms with E-state index in [0.717, 1.165) is 59.4 Å². The Hall–Kier alpha value is -2.24. The highest BCUT2D eigenvalue weighted by molar-refractivity contribution is 14.1. The van der Waals surface area contributed by atoms with Crippen LogP contribution in [0.3, 0.4) is 0 Å². The summed E-state index contributed by atoms with van der Waals surface area (Å²) in [4.78, 5) is 19.5. The largest absolute Gasteiger partial charge is 0.487 e. The van der Waals surface area contributed by atoms with Crippen LogP contribution < -0.4 is 10.1 Å². The molecule has 1 aromatic heterocycles. The lowest BCUT2D eigenvalue weighted by molar-refractivity contribution is 0.0951. The van der Waals surface area contributed by atoms with E-state index < -0.39 is 0 Å². The van der Waals surface area contributed by atoms with E-state index in [1.165, 1.54) is 16.9 Å². The zero-order chi connectivity index (χ0) is 25.6. The van der Waals surface area contributed by atoms with Gasteiger partial charge >= 0.3 is 0 Å². The van der Waals surface area contributed by atoms with E-state index in [1.54, 1.807) is 11.3 Å². The Balaban J connectivity index is 1.36. The summed E-state index contributed by atoms with van der Waals surface area (Å²) in [5.41, 5.74) is 5.15. The molecule has 37 heavy (non-hydrogen) atoms. The number of rotatable bonds is 8. The Morgan fingerprint density at radius 1 is 0.946 bits per heavy atom. The minimum absolute atomic E-state index is 0.0378. The molecular weight excluding hydrogens is 706 g/mol. The van der Waals surface area contributed by atoms with E-state index in [9.17, 15) is 4.79 Å². The maximum atomic E-state index is 13.3. The Kier molecular flexibility index (Phi) is 8.93. The summed E-state index contributed by atoms with van der Waals surface area (Å²) in [6.45, 7) is 1.04. The van der Waals surface area contributed by atoms with Crippen molar-refractivity contribution in [1.82, 2.24) is 5.32 Å². The van der Waals surface area contributed by atoms with Gasteiger partial charge in [-0.15, -0.1) is 11.3 Å². The van der Waals surface area contributed by atoms with E-state index in [-0.39, 0.29) is 5.91 Å². The lowest BCUT2D eigenvalue weighted by Gasteiger charge is -2.13. The van der Waals surface area contributed by atoms with Gasteiger partial charge in [-0.2, -0.15) is 0 Å². The summed E-state index contributed by atoms with van der Waals surface area (Å²) in [5.74, 6) is 0.846. The molecule has 0 fully saturated rings. The van der Waals surface area contributed by atoms with Crippen LogP contribution in [0, 0.1) is 7.14 Å². The number of amides is 1. The Labute approximate surface area is 248 Å². The monoisotopic (exact) mass is 732 g/mol. The third kappa shape index (κ3) is 6.61. The van der Waals surface area contributed by atoms with Gasteiger partial charge < -0.3 is 10.1 Å². The number of nitrogens with one attached hydrogen (secondary N) is 1. The predicted molar refractivity (Wildman–Crippen MR) is 168 cm³/mol. The van der Waals surface area contributed by atoms with Crippen molar-refractivity contribution in [2.75, 3.05) is 0 Å². The van der Waals surface area contributed by atoms with E-state index >= 15 is 0 Å². The van der Waals surface area contributed by atoms with E-state index in [0.29, 0.717) is 13.2 Å². The third-order valence-electron chi connectivity index (χ3n) is 6.25. The molecule has 0 radical (unpaired) electrons. The van der Waals surface area contributed by atoms with Crippen LogP contribution in [-0.2, 0) is 26.0 Å². The predicted octanol–water partition coefficient (Wildman–Crippen LogP) is 8.10. The van der Waals surface area contributed by atoms with Gasteiger partial charge in [-0.1, -0.05) is 60.7 Å². The molecule has 0 bridgehead atoms. The number of hydrogen-bond donors (Lipinski definition) is 1. The second-order valence-corrected chi connectivity index (χ2v) is 12.3. The molecule has 7 heteroatoms. The number of halogens is 2. The molecule has 1 N–H and O–H groups in total. The highest BCUT2D eigenvalue weighted by atomic mass is 127. The molecule has 4 aromatic rings. The summed E-state index contributed by atoms with van der Waals surface area (Å²) in [6.07, 6.45) is 6.13. The highest BCUT2D eigenvalue weighted by Gasteiger charge is 2.25. The van der Waals surface area contributed by atoms with Gasteiger partial charge in [-0.25, -0.2) is 4.99 Å². The number of carbonyl (C=O) groups excluding carboxylic acids is 1. The van der Waals surface area contributed by atoms with Crippen LogP contribution in [0.1, 0.15) is 50.3 Å². The summed E-state index contributed by atoms with van der Waals surface area (Å²) in [7, 11) is 0. The normalized spacial score (nSPS) is 12.9. The van der Waals surface area contributed by atoms with Gasteiger partial charge in [0.05, 0.1) is 12.7 Å². The zero-order valence-electron chi connectivity index (χ0n) is 20.2. The van der Waals surface area contributed by atoms with E-state index in [4.69, 9.17) is 9.73 Å². The average Bonchev–Trinajstić information content (AvgIpc) is 3.30. The SMILES string of the molecule is O=C(NCc1ccccc1)c1c(N=Cc2cc(I)c(OCc3ccccc3)c(I)c2)sc2c1CCCC2. The first-order valence-electron chi connectivity index (χ1n) is 12.2. The van der Waals surface area contributed by atoms with E-state index in [1.807, 2.05) is 54.7 Å². The second kappa shape index (κ2) is 12.5. The molecule has 3 aromatic carbocycles. The minimum Gasteiger partial charge on any atom is -0.487 e. The third-order valence-corrected chi connectivity index (χ3v) is 9.06. The molecule has 0 saturated heterocycles. The van der Waals surface area contributed by atoms with Crippen molar-refractivity contribution in [2.24, 2.45) is 4.99 Å². The fourth-order valence-corrected chi connectivity index (χ4v) is 7.76. The molecule has 1 aliphatic rings. The Morgan fingerprint density at radius 3 is 2.30 bits per heavy atom. The molecule has 0 atom stereocenters. The van der Waals surface area contributed by atoms with Crippen LogP contribution in [0.5, 0.6) is 5.75 Å². The van der Waals surface area contributed by atoms with Crippen molar-refractivity contribution < 1.29 is 9.53 Å². The van der Waals surface area contributed by atoms with Crippen molar-refractivity contribution in [3.05, 3.63) is 113 Å². The number of ether oxygens (including phenoxy) is 1. The number of carbonyl (C=O) groups is 1. The quantitative estimate of drug-likeness (QED) is 0.147. The van der Waals surface area contributed by atoms with Gasteiger partial charge in [0.2, 0.25) is 0 Å². The molecule has 1 aliphatic carbocycles. The summed E-state index contributed by atoms with van der Waals surface area (Å²) < 4.78 is 8.20. The van der Waals surface area contributed by atoms with Crippen molar-refractivity contribution >= 4 is 73.6 Å². The van der Waals surface area contributed by atoms with Gasteiger partial charge in [-0.05, 0) is 105 Å². The number of thiophene rings is 1. The number of nitrogens with zero attached hydrogens (tertiary/aromatic N) is 1. The Morgan fingerprint density at radius 2 is 1.59 bits per heavy atom. The molecule has 4 nitrogen and oxygen atoms in total. The van der Waals surface area contributed by atoms with Crippen molar-refractivity contribution in [1.29, 1.82) is 0 Å². The standard InChI is InChI=1S/C30H26I2N2O2S/c31-24-15-22(16-25(32)28(24)36-19-21-11-5-2-6-12-21)18-34-30-27(23-13-7-8-14-26(23)37-30)29(35)33-17-20-9-3-1-4-10-20/h1-6,9-12,15-16,18H,7-8,13-14,17,19H2,(H,33,35). The molecule has 0 aliphatic heterocycles. The molecule has 0 saturated carbocycles. The smallest absolute Gasteiger partial charge is 0.254 e. The first kappa shape index (κ1) is 26.4. The highest BCUT2D eigenvalue weighted by Crippen LogP contribution is 2.40. The number of fused-ring (bicyclic) bond motifs is 1. The first-order chi connectivity index (χ1) is 18.1. The molecule has 1 amide bonds. The summed E-state index contributed by atoms with van der Waals surface area (Å²) in [6, 6.07) is 24.4. The van der Waals surface area contributed by atoms with Crippen LogP contribution in [0.2, 0.25) is 0 Å². The number of benzene rings is 3. The molecule has 1 heterocycles. The maximum Gasteiger partial charge on any atom is 0.254 e. The van der Waals surface area contributed by atoms with Gasteiger partial charge in [-0.3, -0.25) is 4.79 Å². The second-order valence-electron chi connectivity index (χ2n) is 8.91. The lowest BCUT2D eigenvalue weighted by atomic mass is 9.95. The van der Waals surface area contributed by atoms with Gasteiger partial charge in [0.25, 0.3) is 5.91 Å². The number of aliphatic imine (C=N–C) groups is 1. The number of hydrogen-bond acceptors (Lipinski definition) is 4. The van der Waals surface area contributed by atoms with Crippen LogP contribution in [-0.4, -0.2) is 12.1 Å². The van der Waals surface area contributed by atoms with Crippen molar-refractivity contribution in [2.45, 2.75) is 38.8 Å². The summed E-state index contributed by atoms with van der Waals surface area (Å²) in [5, 5.41) is 3.92. The topological polar surface area (TPSA) is 50.7 Å². The maximum absolute atomic E-state index is 13.3. The van der Waals surface area contributed by atoms with Crippen LogP contribution in [0.25, 0.3) is 0 Å². The summed E-state index contributed by atoms with van der Waals surface area (Å²) >= 11 is 6.30. The number of aryl methyl sites for hydroxylation is 1. The average molecular weight is 732 g/mol.